The van der Waals surface area contributed by atoms with Crippen molar-refractivity contribution < 1.29 is 17.9 Å². The summed E-state index contributed by atoms with van der Waals surface area (Å²) in [4.78, 5) is 19.6. The van der Waals surface area contributed by atoms with Crippen LogP contribution in [0.1, 0.15) is 6.92 Å². The Hall–Kier alpha value is -1.12. The summed E-state index contributed by atoms with van der Waals surface area (Å²) in [7, 11) is -1.78. The summed E-state index contributed by atoms with van der Waals surface area (Å²) < 4.78 is 32.0. The van der Waals surface area contributed by atoms with E-state index in [2.05, 4.69) is 15.0 Å². The third-order valence-corrected chi connectivity index (χ3v) is 6.64. The maximum Gasteiger partial charge on any atom is 0.409 e. The Morgan fingerprint density at radius 1 is 1.26 bits per heavy atom. The Morgan fingerprint density at radius 3 is 2.48 bits per heavy atom. The molecule has 1 fully saturated rings. The smallest absolute Gasteiger partial charge is 0.409 e. The van der Waals surface area contributed by atoms with Gasteiger partial charge in [0.2, 0.25) is 10.0 Å². The lowest BCUT2D eigenvalue weighted by molar-refractivity contribution is 0.0915. The van der Waals surface area contributed by atoms with Crippen molar-refractivity contribution in [1.82, 2.24) is 19.8 Å². The zero-order valence-corrected chi connectivity index (χ0v) is 19.3. The topological polar surface area (TPSA) is 103 Å². The Kier molecular flexibility index (Phi) is 10.3. The molecule has 1 aromatic heterocycles. The normalized spacial score (nSPS) is 15.3. The maximum absolute atomic E-state index is 12.0. The third kappa shape index (κ3) is 7.08. The zero-order chi connectivity index (χ0) is 19.0. The molecule has 27 heavy (non-hydrogen) atoms. The molecule has 0 aromatic carbocycles. The number of amides is 1. The Balaban J connectivity index is 0.00000364. The molecule has 0 aliphatic carbocycles. The second-order valence-electron chi connectivity index (χ2n) is 5.48. The van der Waals surface area contributed by atoms with Crippen molar-refractivity contribution in [3.05, 3.63) is 17.5 Å². The minimum absolute atomic E-state index is 0. The van der Waals surface area contributed by atoms with Crippen LogP contribution in [0.5, 0.6) is 0 Å². The fourth-order valence-electron chi connectivity index (χ4n) is 2.50. The first-order valence-corrected chi connectivity index (χ1v) is 10.7. The van der Waals surface area contributed by atoms with E-state index in [9.17, 15) is 13.2 Å². The molecular formula is C15H26IN5O4S2. The van der Waals surface area contributed by atoms with Gasteiger partial charge >= 0.3 is 6.09 Å². The minimum Gasteiger partial charge on any atom is -0.450 e. The molecule has 1 aliphatic rings. The Labute approximate surface area is 181 Å². The van der Waals surface area contributed by atoms with Gasteiger partial charge in [0.15, 0.2) is 5.96 Å². The third-order valence-electron chi connectivity index (χ3n) is 3.78. The fourth-order valence-corrected chi connectivity index (χ4v) is 4.56. The molecule has 12 heteroatoms. The van der Waals surface area contributed by atoms with Gasteiger partial charge in [0, 0.05) is 46.3 Å². The number of thiophene rings is 1. The second-order valence-corrected chi connectivity index (χ2v) is 8.42. The van der Waals surface area contributed by atoms with Gasteiger partial charge in [0.25, 0.3) is 0 Å². The van der Waals surface area contributed by atoms with E-state index in [0.717, 1.165) is 0 Å². The number of guanidine groups is 1. The van der Waals surface area contributed by atoms with Crippen LogP contribution < -0.4 is 10.0 Å². The van der Waals surface area contributed by atoms with Gasteiger partial charge in [-0.15, -0.1) is 35.3 Å². The molecular weight excluding hydrogens is 505 g/mol. The maximum atomic E-state index is 12.0. The zero-order valence-electron chi connectivity index (χ0n) is 15.4. The van der Waals surface area contributed by atoms with Crippen LogP contribution in [0.3, 0.4) is 0 Å². The second kappa shape index (κ2) is 11.7. The first-order valence-electron chi connectivity index (χ1n) is 8.38. The van der Waals surface area contributed by atoms with E-state index in [1.807, 2.05) is 4.90 Å². The van der Waals surface area contributed by atoms with E-state index in [-0.39, 0.29) is 36.6 Å². The first kappa shape index (κ1) is 23.9. The number of nitrogens with one attached hydrogen (secondary N) is 2. The monoisotopic (exact) mass is 531 g/mol. The van der Waals surface area contributed by atoms with Crippen molar-refractivity contribution >= 4 is 57.4 Å². The van der Waals surface area contributed by atoms with Crippen molar-refractivity contribution in [3.63, 3.8) is 0 Å². The molecule has 2 rings (SSSR count). The molecule has 1 aliphatic heterocycles. The number of carbonyl (C=O) groups is 1. The van der Waals surface area contributed by atoms with E-state index in [1.165, 1.54) is 11.3 Å². The number of carbonyl (C=O) groups excluding carboxylic acids is 1. The number of sulfonamides is 1. The number of ether oxygens (including phenoxy) is 1. The SMILES string of the molecule is CCOC(=O)N1CCN(C(=NC)NCCNS(=O)(=O)c2cccs2)CC1.I. The molecule has 1 amide bonds. The lowest BCUT2D eigenvalue weighted by atomic mass is 10.3. The predicted molar refractivity (Wildman–Crippen MR) is 116 cm³/mol. The largest absolute Gasteiger partial charge is 0.450 e. The number of nitrogens with zero attached hydrogens (tertiary/aromatic N) is 3. The van der Waals surface area contributed by atoms with Crippen LogP contribution in [0.15, 0.2) is 26.7 Å². The van der Waals surface area contributed by atoms with Crippen LogP contribution in [0.2, 0.25) is 0 Å². The highest BCUT2D eigenvalue weighted by Gasteiger charge is 2.23. The lowest BCUT2D eigenvalue weighted by Gasteiger charge is -2.35. The standard InChI is InChI=1S/C15H25N5O4S2.HI/c1-3-24-15(21)20-10-8-19(9-11-20)14(16-2)17-6-7-18-26(22,23)13-5-4-12-25-13;/h4-5,12,18H,3,6-11H2,1-2H3,(H,16,17);1H. The van der Waals surface area contributed by atoms with Crippen LogP contribution >= 0.6 is 35.3 Å². The van der Waals surface area contributed by atoms with Crippen molar-refractivity contribution in [2.75, 3.05) is 52.9 Å². The molecule has 9 nitrogen and oxygen atoms in total. The van der Waals surface area contributed by atoms with Gasteiger partial charge in [-0.1, -0.05) is 6.07 Å². The molecule has 0 unspecified atom stereocenters. The van der Waals surface area contributed by atoms with E-state index < -0.39 is 10.0 Å². The van der Waals surface area contributed by atoms with Gasteiger partial charge in [-0.3, -0.25) is 4.99 Å². The quantitative estimate of drug-likeness (QED) is 0.246. The number of piperazine rings is 1. The summed E-state index contributed by atoms with van der Waals surface area (Å²) in [5.41, 5.74) is 0. The molecule has 2 N–H and O–H groups in total. The summed E-state index contributed by atoms with van der Waals surface area (Å²) >= 11 is 1.18. The fraction of sp³-hybridized carbons (Fsp3) is 0.600. The summed E-state index contributed by atoms with van der Waals surface area (Å²) in [5, 5.41) is 4.87. The van der Waals surface area contributed by atoms with Gasteiger partial charge < -0.3 is 19.9 Å². The molecule has 0 saturated carbocycles. The molecule has 0 bridgehead atoms. The van der Waals surface area contributed by atoms with Crippen LogP contribution in [0, 0.1) is 0 Å². The minimum atomic E-state index is -3.45. The van der Waals surface area contributed by atoms with E-state index in [4.69, 9.17) is 4.74 Å². The molecule has 1 saturated heterocycles. The molecule has 154 valence electrons. The number of rotatable bonds is 6. The van der Waals surface area contributed by atoms with Crippen LogP contribution in [-0.4, -0.2) is 83.2 Å². The van der Waals surface area contributed by atoms with E-state index in [1.54, 1.807) is 36.4 Å². The van der Waals surface area contributed by atoms with Crippen molar-refractivity contribution in [1.29, 1.82) is 0 Å². The van der Waals surface area contributed by atoms with E-state index >= 15 is 0 Å². The predicted octanol–water partition coefficient (Wildman–Crippen LogP) is 0.994. The summed E-state index contributed by atoms with van der Waals surface area (Å²) in [5.74, 6) is 0.684. The summed E-state index contributed by atoms with van der Waals surface area (Å²) in [6.07, 6.45) is -0.293. The van der Waals surface area contributed by atoms with Gasteiger partial charge in [0.05, 0.1) is 6.61 Å². The molecule has 2 heterocycles. The number of aliphatic imine (C=N–C) groups is 1. The number of halogens is 1. The number of hydrogen-bond donors (Lipinski definition) is 2. The highest BCUT2D eigenvalue weighted by atomic mass is 127. The molecule has 0 spiro atoms. The van der Waals surface area contributed by atoms with Gasteiger partial charge in [0.1, 0.15) is 4.21 Å². The number of hydrogen-bond acceptors (Lipinski definition) is 6. The summed E-state index contributed by atoms with van der Waals surface area (Å²) in [6.45, 7) is 5.21. The Morgan fingerprint density at radius 2 is 1.93 bits per heavy atom. The van der Waals surface area contributed by atoms with Crippen LogP contribution in [0.25, 0.3) is 0 Å². The van der Waals surface area contributed by atoms with Crippen LogP contribution in [0.4, 0.5) is 4.79 Å². The van der Waals surface area contributed by atoms with Crippen molar-refractivity contribution in [3.8, 4) is 0 Å². The first-order chi connectivity index (χ1) is 12.5. The average molecular weight is 531 g/mol. The van der Waals surface area contributed by atoms with Crippen molar-refractivity contribution in [2.45, 2.75) is 11.1 Å². The van der Waals surface area contributed by atoms with Gasteiger partial charge in [-0.25, -0.2) is 17.9 Å². The van der Waals surface area contributed by atoms with Gasteiger partial charge in [-0.05, 0) is 18.4 Å². The lowest BCUT2D eigenvalue weighted by Crippen LogP contribution is -2.54. The molecule has 0 radical (unpaired) electrons. The van der Waals surface area contributed by atoms with Gasteiger partial charge in [-0.2, -0.15) is 0 Å². The summed E-state index contributed by atoms with van der Waals surface area (Å²) in [6, 6.07) is 3.28. The van der Waals surface area contributed by atoms with Crippen molar-refractivity contribution in [2.24, 2.45) is 4.99 Å². The molecule has 0 atom stereocenters. The highest BCUT2D eigenvalue weighted by Crippen LogP contribution is 2.14. The van der Waals surface area contributed by atoms with E-state index in [0.29, 0.717) is 49.5 Å². The average Bonchev–Trinajstić information content (AvgIpc) is 3.18. The highest BCUT2D eigenvalue weighted by molar-refractivity contribution is 14.0. The molecule has 1 aromatic rings. The van der Waals surface area contributed by atoms with Crippen LogP contribution in [-0.2, 0) is 14.8 Å². The Bertz CT molecular complexity index is 704.